The molecule has 106 valence electrons. The van der Waals surface area contributed by atoms with Crippen LogP contribution in [0.3, 0.4) is 0 Å². The third-order valence-electron chi connectivity index (χ3n) is 3.18. The summed E-state index contributed by atoms with van der Waals surface area (Å²) in [6.45, 7) is -0.648. The highest BCUT2D eigenvalue weighted by Crippen LogP contribution is 2.48. The average molecular weight is 292 g/mol. The van der Waals surface area contributed by atoms with Crippen molar-refractivity contribution in [2.45, 2.75) is 11.9 Å². The number of hydrogen-bond acceptors (Lipinski definition) is 4. The van der Waals surface area contributed by atoms with Crippen LogP contribution in [0.4, 0.5) is 0 Å². The highest BCUT2D eigenvalue weighted by atomic mass is 31.2. The minimum Gasteiger partial charge on any atom is -0.394 e. The van der Waals surface area contributed by atoms with Crippen molar-refractivity contribution < 1.29 is 19.9 Å². The van der Waals surface area contributed by atoms with Crippen LogP contribution in [0.15, 0.2) is 60.7 Å². The molecule has 0 bridgehead atoms. The van der Waals surface area contributed by atoms with E-state index in [1.807, 2.05) is 0 Å². The predicted molar refractivity (Wildman–Crippen MR) is 78.9 cm³/mol. The number of hydrogen-bond donors (Lipinski definition) is 3. The maximum Gasteiger partial charge on any atom is 0.172 e. The molecule has 0 radical (unpaired) electrons. The Hall–Kier alpha value is -1.45. The van der Waals surface area contributed by atoms with Crippen molar-refractivity contribution in [3.8, 4) is 0 Å². The second-order valence-electron chi connectivity index (χ2n) is 4.49. The number of rotatable bonds is 5. The van der Waals surface area contributed by atoms with E-state index in [9.17, 15) is 14.8 Å². The Balaban J connectivity index is 2.58. The molecule has 2 aromatic rings. The topological polar surface area (TPSA) is 77.8 Å². The first kappa shape index (κ1) is 14.9. The Kier molecular flexibility index (Phi) is 4.73. The number of aliphatic hydroxyl groups is 3. The first-order valence-corrected chi connectivity index (χ1v) is 8.06. The molecule has 0 saturated carbocycles. The van der Waals surface area contributed by atoms with Crippen molar-refractivity contribution in [1.82, 2.24) is 0 Å². The van der Waals surface area contributed by atoms with Crippen LogP contribution in [0, 0.1) is 0 Å². The molecule has 20 heavy (non-hydrogen) atoms. The Morgan fingerprint density at radius 2 is 1.25 bits per heavy atom. The van der Waals surface area contributed by atoms with Crippen LogP contribution >= 0.6 is 7.14 Å². The van der Waals surface area contributed by atoms with Gasteiger partial charge in [0.1, 0.15) is 11.9 Å². The molecule has 0 unspecified atom stereocenters. The molecular formula is C15H17O4P. The highest BCUT2D eigenvalue weighted by Gasteiger charge is 2.39. The zero-order valence-electron chi connectivity index (χ0n) is 10.8. The summed E-state index contributed by atoms with van der Waals surface area (Å²) >= 11 is 0. The van der Waals surface area contributed by atoms with Gasteiger partial charge < -0.3 is 19.9 Å². The van der Waals surface area contributed by atoms with Gasteiger partial charge in [-0.15, -0.1) is 0 Å². The first-order valence-electron chi connectivity index (χ1n) is 6.28. The Labute approximate surface area is 117 Å². The Bertz CT molecular complexity index is 542. The zero-order valence-corrected chi connectivity index (χ0v) is 11.7. The van der Waals surface area contributed by atoms with Crippen LogP contribution in [0.2, 0.25) is 0 Å². The monoisotopic (exact) mass is 292 g/mol. The molecule has 0 saturated heterocycles. The fourth-order valence-electron chi connectivity index (χ4n) is 2.09. The van der Waals surface area contributed by atoms with Crippen molar-refractivity contribution >= 4 is 17.8 Å². The van der Waals surface area contributed by atoms with Gasteiger partial charge in [-0.25, -0.2) is 0 Å². The normalized spacial score (nSPS) is 14.8. The number of benzene rings is 2. The van der Waals surface area contributed by atoms with Gasteiger partial charge in [-0.3, -0.25) is 0 Å². The van der Waals surface area contributed by atoms with Crippen LogP contribution in [-0.4, -0.2) is 33.9 Å². The van der Waals surface area contributed by atoms with E-state index < -0.39 is 25.7 Å². The third kappa shape index (κ3) is 2.69. The summed E-state index contributed by atoms with van der Waals surface area (Å²) < 4.78 is 13.4. The largest absolute Gasteiger partial charge is 0.394 e. The maximum atomic E-state index is 13.4. The zero-order chi connectivity index (χ0) is 14.6. The molecule has 0 aliphatic carbocycles. The van der Waals surface area contributed by atoms with Crippen molar-refractivity contribution in [3.05, 3.63) is 60.7 Å². The van der Waals surface area contributed by atoms with Crippen LogP contribution < -0.4 is 10.6 Å². The maximum absolute atomic E-state index is 13.4. The third-order valence-corrected chi connectivity index (χ3v) is 6.40. The van der Waals surface area contributed by atoms with E-state index >= 15 is 0 Å². The molecule has 2 aromatic carbocycles. The van der Waals surface area contributed by atoms with E-state index in [1.54, 1.807) is 60.7 Å². The van der Waals surface area contributed by atoms with Crippen molar-refractivity contribution in [1.29, 1.82) is 0 Å². The van der Waals surface area contributed by atoms with E-state index in [-0.39, 0.29) is 0 Å². The van der Waals surface area contributed by atoms with Gasteiger partial charge in [0.15, 0.2) is 7.14 Å². The van der Waals surface area contributed by atoms with Crippen molar-refractivity contribution in [3.63, 3.8) is 0 Å². The van der Waals surface area contributed by atoms with Gasteiger partial charge in [0.25, 0.3) is 0 Å². The minimum absolute atomic E-state index is 0.450. The van der Waals surface area contributed by atoms with Crippen LogP contribution in [0.1, 0.15) is 0 Å². The summed E-state index contributed by atoms with van der Waals surface area (Å²) in [5.41, 5.74) is 0. The van der Waals surface area contributed by atoms with Gasteiger partial charge >= 0.3 is 0 Å². The fourth-order valence-corrected chi connectivity index (χ4v) is 4.81. The molecule has 3 N–H and O–H groups in total. The standard InChI is InChI=1S/C15H17O4P/c16-11-14(17)15(18)20(19,12-7-3-1-4-8-12)13-9-5-2-6-10-13/h1-10,14-18H,11H2/t14-,15+/m1/s1. The molecule has 2 rings (SSSR count). The summed E-state index contributed by atoms with van der Waals surface area (Å²) in [6, 6.07) is 17.1. The molecule has 0 amide bonds. The van der Waals surface area contributed by atoms with Gasteiger partial charge in [-0.2, -0.15) is 0 Å². The number of aliphatic hydroxyl groups excluding tert-OH is 3. The first-order chi connectivity index (χ1) is 9.60. The summed E-state index contributed by atoms with van der Waals surface area (Å²) in [5.74, 6) is -1.54. The van der Waals surface area contributed by atoms with Gasteiger partial charge in [0.2, 0.25) is 0 Å². The molecular weight excluding hydrogens is 275 g/mol. The van der Waals surface area contributed by atoms with E-state index in [0.29, 0.717) is 10.6 Å². The minimum atomic E-state index is -3.44. The quantitative estimate of drug-likeness (QED) is 0.708. The lowest BCUT2D eigenvalue weighted by molar-refractivity contribution is 0.0241. The molecule has 0 fully saturated rings. The summed E-state index contributed by atoms with van der Waals surface area (Å²) in [7, 11) is -3.44. The van der Waals surface area contributed by atoms with Gasteiger partial charge in [-0.05, 0) is 0 Å². The van der Waals surface area contributed by atoms with E-state index in [1.165, 1.54) is 0 Å². The smallest absolute Gasteiger partial charge is 0.172 e. The van der Waals surface area contributed by atoms with Crippen molar-refractivity contribution in [2.24, 2.45) is 0 Å². The Morgan fingerprint density at radius 3 is 1.60 bits per heavy atom. The van der Waals surface area contributed by atoms with Crippen LogP contribution in [-0.2, 0) is 4.57 Å². The molecule has 2 atom stereocenters. The second kappa shape index (κ2) is 6.33. The van der Waals surface area contributed by atoms with E-state index in [2.05, 4.69) is 0 Å². The second-order valence-corrected chi connectivity index (χ2v) is 7.37. The predicted octanol–water partition coefficient (Wildman–Crippen LogP) is 0.672. The molecule has 0 heterocycles. The fraction of sp³-hybridized carbons (Fsp3) is 0.200. The van der Waals surface area contributed by atoms with E-state index in [4.69, 9.17) is 5.11 Å². The molecule has 0 aliphatic heterocycles. The molecule has 0 aromatic heterocycles. The molecule has 0 spiro atoms. The summed E-state index contributed by atoms with van der Waals surface area (Å²) in [6.07, 6.45) is -1.46. The molecule has 0 aliphatic rings. The van der Waals surface area contributed by atoms with Gasteiger partial charge in [0.05, 0.1) is 6.61 Å². The van der Waals surface area contributed by atoms with Gasteiger partial charge in [-0.1, -0.05) is 60.7 Å². The lowest BCUT2D eigenvalue weighted by Crippen LogP contribution is -2.36. The lowest BCUT2D eigenvalue weighted by atomic mass is 10.4. The van der Waals surface area contributed by atoms with Crippen LogP contribution in [0.25, 0.3) is 0 Å². The Morgan fingerprint density at radius 1 is 0.850 bits per heavy atom. The highest BCUT2D eigenvalue weighted by molar-refractivity contribution is 7.79. The average Bonchev–Trinajstić information content (AvgIpc) is 2.54. The SMILES string of the molecule is O=P(c1ccccc1)(c1ccccc1)[C@H](O)[C@H](O)CO. The van der Waals surface area contributed by atoms with E-state index in [0.717, 1.165) is 0 Å². The van der Waals surface area contributed by atoms with Gasteiger partial charge in [0, 0.05) is 10.6 Å². The molecule has 5 heteroatoms. The van der Waals surface area contributed by atoms with Crippen LogP contribution in [0.5, 0.6) is 0 Å². The lowest BCUT2D eigenvalue weighted by Gasteiger charge is -2.27. The summed E-state index contributed by atoms with van der Waals surface area (Å²) in [5, 5.41) is 29.9. The van der Waals surface area contributed by atoms with Crippen molar-refractivity contribution in [2.75, 3.05) is 6.61 Å². The summed E-state index contributed by atoms with van der Waals surface area (Å²) in [4.78, 5) is 0. The molecule has 4 nitrogen and oxygen atoms in total.